The van der Waals surface area contributed by atoms with E-state index in [1.807, 2.05) is 39.0 Å². The van der Waals surface area contributed by atoms with E-state index in [9.17, 15) is 9.82 Å². The van der Waals surface area contributed by atoms with E-state index in [-0.39, 0.29) is 11.4 Å². The smallest absolute Gasteiger partial charge is 0.423 e. The Morgan fingerprint density at radius 2 is 2.21 bits per heavy atom. The highest BCUT2D eigenvalue weighted by Crippen LogP contribution is 2.14. The number of aryl methyl sites for hydroxylation is 1. The van der Waals surface area contributed by atoms with Crippen molar-refractivity contribution in [1.82, 2.24) is 5.32 Å². The summed E-state index contributed by atoms with van der Waals surface area (Å²) in [5.41, 5.74) is 2.64. The molecule has 0 bridgehead atoms. The molecule has 1 aromatic carbocycles. The lowest BCUT2D eigenvalue weighted by atomic mass is 9.75. The fourth-order valence-electron chi connectivity index (χ4n) is 2.31. The molecule has 1 aromatic rings. The van der Waals surface area contributed by atoms with Gasteiger partial charge >= 0.3 is 7.12 Å². The molecule has 0 aromatic heterocycles. The second-order valence-corrected chi connectivity index (χ2v) is 5.95. The first-order chi connectivity index (χ1) is 8.87. The van der Waals surface area contributed by atoms with Crippen LogP contribution in [0.2, 0.25) is 0 Å². The minimum absolute atomic E-state index is 0.0264. The van der Waals surface area contributed by atoms with Gasteiger partial charge in [0.1, 0.15) is 0 Å². The zero-order valence-electron chi connectivity index (χ0n) is 11.7. The molecule has 2 N–H and O–H groups in total. The summed E-state index contributed by atoms with van der Waals surface area (Å²) < 4.78 is 5.21. The predicted molar refractivity (Wildman–Crippen MR) is 75.1 cm³/mol. The van der Waals surface area contributed by atoms with Crippen LogP contribution in [0.15, 0.2) is 18.2 Å². The second-order valence-electron chi connectivity index (χ2n) is 5.95. The number of amides is 1. The van der Waals surface area contributed by atoms with Crippen molar-refractivity contribution in [2.75, 3.05) is 0 Å². The van der Waals surface area contributed by atoms with Crippen LogP contribution in [0.4, 0.5) is 0 Å². The van der Waals surface area contributed by atoms with Crippen LogP contribution in [-0.2, 0) is 22.5 Å². The molecule has 102 valence electrons. The first-order valence-corrected chi connectivity index (χ1v) is 6.58. The maximum absolute atomic E-state index is 11.8. The molecular formula is C14H20BNO3. The molecule has 0 aliphatic carbocycles. The maximum Gasteiger partial charge on any atom is 0.492 e. The van der Waals surface area contributed by atoms with E-state index in [0.29, 0.717) is 19.4 Å². The Labute approximate surface area is 114 Å². The molecule has 5 heteroatoms. The molecule has 0 atom stereocenters. The Hall–Kier alpha value is -1.33. The first-order valence-electron chi connectivity index (χ1n) is 6.58. The normalized spacial score (nSPS) is 14.4. The molecule has 0 radical (unpaired) electrons. The number of benzene rings is 1. The summed E-state index contributed by atoms with van der Waals surface area (Å²) in [6, 6.07) is 5.84. The van der Waals surface area contributed by atoms with Gasteiger partial charge in [0.15, 0.2) is 0 Å². The van der Waals surface area contributed by atoms with Crippen molar-refractivity contribution in [3.05, 3.63) is 29.3 Å². The second kappa shape index (κ2) is 5.35. The number of rotatable bonds is 3. The van der Waals surface area contributed by atoms with Crippen molar-refractivity contribution < 1.29 is 14.5 Å². The molecule has 1 amide bonds. The summed E-state index contributed by atoms with van der Waals surface area (Å²) in [5.74, 6) is 0.0264. The van der Waals surface area contributed by atoms with Crippen molar-refractivity contribution in [1.29, 1.82) is 0 Å². The third-order valence-corrected chi connectivity index (χ3v) is 3.07. The van der Waals surface area contributed by atoms with Crippen LogP contribution < -0.4 is 10.8 Å². The van der Waals surface area contributed by atoms with Crippen molar-refractivity contribution in [3.8, 4) is 0 Å². The molecule has 1 aliphatic rings. The zero-order valence-corrected chi connectivity index (χ0v) is 11.7. The molecule has 4 nitrogen and oxygen atoms in total. The summed E-state index contributed by atoms with van der Waals surface area (Å²) >= 11 is 0. The van der Waals surface area contributed by atoms with E-state index < -0.39 is 7.12 Å². The van der Waals surface area contributed by atoms with Crippen LogP contribution in [0.3, 0.4) is 0 Å². The van der Waals surface area contributed by atoms with Gasteiger partial charge in [0.25, 0.3) is 0 Å². The Kier molecular flexibility index (Phi) is 3.97. The zero-order chi connectivity index (χ0) is 14.0. The average Bonchev–Trinajstić information content (AvgIpc) is 2.67. The lowest BCUT2D eigenvalue weighted by molar-refractivity contribution is -0.122. The molecule has 0 saturated carbocycles. The van der Waals surface area contributed by atoms with Crippen molar-refractivity contribution in [2.45, 2.75) is 45.8 Å². The summed E-state index contributed by atoms with van der Waals surface area (Å²) in [6.07, 6.45) is 1.03. The molecule has 19 heavy (non-hydrogen) atoms. The molecule has 0 spiro atoms. The number of nitrogens with one attached hydrogen (secondary N) is 1. The summed E-state index contributed by atoms with van der Waals surface area (Å²) in [6.45, 7) is 6.33. The van der Waals surface area contributed by atoms with Gasteiger partial charge in [-0.25, -0.2) is 0 Å². The first kappa shape index (κ1) is 14.1. The Morgan fingerprint density at radius 3 is 2.89 bits per heavy atom. The van der Waals surface area contributed by atoms with Crippen LogP contribution in [0.1, 0.15) is 38.3 Å². The Balaban J connectivity index is 2.01. The lowest BCUT2D eigenvalue weighted by Crippen LogP contribution is -2.41. The Bertz CT molecular complexity index is 482. The van der Waals surface area contributed by atoms with Gasteiger partial charge in [-0.3, -0.25) is 4.79 Å². The van der Waals surface area contributed by atoms with E-state index in [1.165, 1.54) is 0 Å². The number of hydrogen-bond donors (Lipinski definition) is 2. The van der Waals surface area contributed by atoms with Gasteiger partial charge in [0, 0.05) is 12.0 Å². The fraction of sp³-hybridized carbons (Fsp3) is 0.500. The van der Waals surface area contributed by atoms with Gasteiger partial charge in [-0.05, 0) is 43.8 Å². The monoisotopic (exact) mass is 261 g/mol. The van der Waals surface area contributed by atoms with Gasteiger partial charge in [0.05, 0.1) is 6.61 Å². The molecule has 1 aliphatic heterocycles. The molecule has 1 heterocycles. The van der Waals surface area contributed by atoms with E-state index in [2.05, 4.69) is 5.32 Å². The summed E-state index contributed by atoms with van der Waals surface area (Å²) in [5, 5.41) is 12.7. The van der Waals surface area contributed by atoms with E-state index >= 15 is 0 Å². The standard InChI is InChI=1S/C14H20BNO3/c1-14(2,3)16-12(17)8-7-10-5-4-6-11-9-19-15(18)13(10)11/h4-6,18H,7-9H2,1-3H3,(H,16,17). The van der Waals surface area contributed by atoms with Crippen molar-refractivity contribution in [2.24, 2.45) is 0 Å². The van der Waals surface area contributed by atoms with E-state index in [4.69, 9.17) is 4.65 Å². The van der Waals surface area contributed by atoms with E-state index in [0.717, 1.165) is 16.6 Å². The Morgan fingerprint density at radius 1 is 1.47 bits per heavy atom. The molecule has 2 rings (SSSR count). The number of carbonyl (C=O) groups is 1. The summed E-state index contributed by atoms with van der Waals surface area (Å²) in [4.78, 5) is 11.8. The molecule has 0 fully saturated rings. The van der Waals surface area contributed by atoms with Crippen molar-refractivity contribution >= 4 is 18.5 Å². The largest absolute Gasteiger partial charge is 0.492 e. The highest BCUT2D eigenvalue weighted by molar-refractivity contribution is 6.62. The van der Waals surface area contributed by atoms with E-state index in [1.54, 1.807) is 0 Å². The summed E-state index contributed by atoms with van der Waals surface area (Å²) in [7, 11) is -0.850. The van der Waals surface area contributed by atoms with Crippen LogP contribution in [0, 0.1) is 0 Å². The van der Waals surface area contributed by atoms with Gasteiger partial charge in [-0.15, -0.1) is 0 Å². The lowest BCUT2D eigenvalue weighted by Gasteiger charge is -2.20. The van der Waals surface area contributed by atoms with Crippen LogP contribution >= 0.6 is 0 Å². The SMILES string of the molecule is CC(C)(C)NC(=O)CCc1cccc2c1B(O)OC2. The minimum atomic E-state index is -0.850. The van der Waals surface area contributed by atoms with Gasteiger partial charge in [-0.2, -0.15) is 0 Å². The van der Waals surface area contributed by atoms with Crippen LogP contribution in [0.25, 0.3) is 0 Å². The maximum atomic E-state index is 11.8. The minimum Gasteiger partial charge on any atom is -0.423 e. The van der Waals surface area contributed by atoms with Crippen LogP contribution in [0.5, 0.6) is 0 Å². The number of hydrogen-bond acceptors (Lipinski definition) is 3. The number of carbonyl (C=O) groups excluding carboxylic acids is 1. The molecule has 0 unspecified atom stereocenters. The third kappa shape index (κ3) is 3.58. The van der Waals surface area contributed by atoms with Crippen molar-refractivity contribution in [3.63, 3.8) is 0 Å². The number of fused-ring (bicyclic) bond motifs is 1. The highest BCUT2D eigenvalue weighted by Gasteiger charge is 2.29. The highest BCUT2D eigenvalue weighted by atomic mass is 16.5. The quantitative estimate of drug-likeness (QED) is 0.789. The van der Waals surface area contributed by atoms with Gasteiger partial charge < -0.3 is 15.0 Å². The average molecular weight is 261 g/mol. The van der Waals surface area contributed by atoms with Gasteiger partial charge in [0.2, 0.25) is 5.91 Å². The van der Waals surface area contributed by atoms with Crippen LogP contribution in [-0.4, -0.2) is 23.6 Å². The molecule has 0 saturated heterocycles. The van der Waals surface area contributed by atoms with Gasteiger partial charge in [-0.1, -0.05) is 18.2 Å². The fourth-order valence-corrected chi connectivity index (χ4v) is 2.31. The topological polar surface area (TPSA) is 58.6 Å². The molecular weight excluding hydrogens is 241 g/mol. The predicted octanol–water partition coefficient (Wildman–Crippen LogP) is 0.752. The third-order valence-electron chi connectivity index (χ3n) is 3.07.